The number of aliphatic hydroxyl groups is 2. The molecule has 0 aromatic carbocycles. The van der Waals surface area contributed by atoms with E-state index in [4.69, 9.17) is 0 Å². The molecular formula is C8H14N2O2S. The number of aliphatic hydroxyl groups excluding tert-OH is 2. The van der Waals surface area contributed by atoms with Crippen LogP contribution in [0, 0.1) is 0 Å². The van der Waals surface area contributed by atoms with E-state index in [1.54, 1.807) is 10.9 Å². The fourth-order valence-electron chi connectivity index (χ4n) is 1.02. The zero-order valence-electron chi connectivity index (χ0n) is 7.47. The number of aromatic nitrogens is 1. The van der Waals surface area contributed by atoms with Gasteiger partial charge in [0.05, 0.1) is 17.3 Å². The number of nitrogens with one attached hydrogen (secondary N) is 1. The summed E-state index contributed by atoms with van der Waals surface area (Å²) in [6, 6.07) is 0. The molecule has 0 aliphatic heterocycles. The number of rotatable bonds is 5. The quantitative estimate of drug-likeness (QED) is 0.636. The molecule has 0 radical (unpaired) electrons. The molecule has 13 heavy (non-hydrogen) atoms. The molecule has 3 N–H and O–H groups in total. The first kappa shape index (κ1) is 10.6. The first-order chi connectivity index (χ1) is 6.25. The van der Waals surface area contributed by atoms with Crippen LogP contribution in [0.1, 0.15) is 18.2 Å². The van der Waals surface area contributed by atoms with Gasteiger partial charge in [0.2, 0.25) is 0 Å². The van der Waals surface area contributed by atoms with Gasteiger partial charge in [-0.1, -0.05) is 0 Å². The maximum absolute atomic E-state index is 9.57. The van der Waals surface area contributed by atoms with E-state index >= 15 is 0 Å². The van der Waals surface area contributed by atoms with Gasteiger partial charge in [-0.2, -0.15) is 0 Å². The predicted octanol–water partition coefficient (Wildman–Crippen LogP) is 0.147. The monoisotopic (exact) mass is 202 g/mol. The summed E-state index contributed by atoms with van der Waals surface area (Å²) >= 11 is 1.41. The molecule has 2 atom stereocenters. The number of nitrogens with zero attached hydrogens (tertiary/aromatic N) is 1. The van der Waals surface area contributed by atoms with Crippen molar-refractivity contribution in [1.29, 1.82) is 0 Å². The summed E-state index contributed by atoms with van der Waals surface area (Å²) in [6.45, 7) is 0.683. The van der Waals surface area contributed by atoms with Crippen LogP contribution in [0.4, 0.5) is 0 Å². The molecule has 0 saturated carbocycles. The van der Waals surface area contributed by atoms with Gasteiger partial charge in [-0.25, -0.2) is 4.98 Å². The normalized spacial score (nSPS) is 15.6. The maximum atomic E-state index is 9.57. The summed E-state index contributed by atoms with van der Waals surface area (Å²) < 4.78 is 0. The average molecular weight is 202 g/mol. The number of hydrogen-bond donors (Lipinski definition) is 3. The van der Waals surface area contributed by atoms with Crippen LogP contribution in [-0.4, -0.2) is 34.9 Å². The lowest BCUT2D eigenvalue weighted by atomic mass is 10.1. The molecular weight excluding hydrogens is 188 g/mol. The molecule has 4 nitrogen and oxygen atoms in total. The van der Waals surface area contributed by atoms with E-state index in [0.29, 0.717) is 18.7 Å². The maximum Gasteiger partial charge on any atom is 0.123 e. The second-order valence-electron chi connectivity index (χ2n) is 2.82. The lowest BCUT2D eigenvalue weighted by Crippen LogP contribution is -2.23. The molecule has 0 bridgehead atoms. The minimum Gasteiger partial charge on any atom is -0.390 e. The average Bonchev–Trinajstić information content (AvgIpc) is 2.65. The highest BCUT2D eigenvalue weighted by atomic mass is 32.1. The molecule has 0 aliphatic carbocycles. The van der Waals surface area contributed by atoms with Gasteiger partial charge in [-0.15, -0.1) is 11.3 Å². The molecule has 0 spiro atoms. The van der Waals surface area contributed by atoms with Crippen molar-refractivity contribution in [2.75, 3.05) is 13.6 Å². The van der Waals surface area contributed by atoms with Gasteiger partial charge in [-0.3, -0.25) is 0 Å². The molecule has 0 saturated heterocycles. The van der Waals surface area contributed by atoms with Crippen molar-refractivity contribution in [1.82, 2.24) is 10.3 Å². The summed E-state index contributed by atoms with van der Waals surface area (Å²) in [5, 5.41) is 23.7. The molecule has 1 heterocycles. The van der Waals surface area contributed by atoms with Crippen molar-refractivity contribution in [2.24, 2.45) is 0 Å². The highest BCUT2D eigenvalue weighted by molar-refractivity contribution is 7.07. The van der Waals surface area contributed by atoms with Crippen molar-refractivity contribution in [2.45, 2.75) is 18.6 Å². The third-order valence-corrected chi connectivity index (χ3v) is 2.41. The van der Waals surface area contributed by atoms with E-state index in [0.717, 1.165) is 0 Å². The fraction of sp³-hybridized carbons (Fsp3) is 0.625. The first-order valence-corrected chi connectivity index (χ1v) is 5.08. The SMILES string of the molecule is CNCCC(O)C(O)c1cscn1. The second-order valence-corrected chi connectivity index (χ2v) is 3.54. The summed E-state index contributed by atoms with van der Waals surface area (Å²) in [7, 11) is 1.81. The van der Waals surface area contributed by atoms with E-state index in [9.17, 15) is 10.2 Å². The lowest BCUT2D eigenvalue weighted by molar-refractivity contribution is 0.0119. The van der Waals surface area contributed by atoms with Crippen LogP contribution in [0.2, 0.25) is 0 Å². The van der Waals surface area contributed by atoms with Crippen molar-refractivity contribution in [3.63, 3.8) is 0 Å². The van der Waals surface area contributed by atoms with E-state index < -0.39 is 12.2 Å². The Kier molecular flexibility index (Phi) is 4.31. The molecule has 1 rings (SSSR count). The van der Waals surface area contributed by atoms with Crippen molar-refractivity contribution >= 4 is 11.3 Å². The molecule has 74 valence electrons. The third-order valence-electron chi connectivity index (χ3n) is 1.81. The molecule has 1 aromatic heterocycles. The van der Waals surface area contributed by atoms with Gasteiger partial charge in [0, 0.05) is 5.38 Å². The van der Waals surface area contributed by atoms with Gasteiger partial charge in [-0.05, 0) is 20.0 Å². The third kappa shape index (κ3) is 3.04. The van der Waals surface area contributed by atoms with Crippen molar-refractivity contribution in [3.05, 3.63) is 16.6 Å². The molecule has 5 heteroatoms. The fourth-order valence-corrected chi connectivity index (χ4v) is 1.60. The van der Waals surface area contributed by atoms with Crippen LogP contribution in [0.15, 0.2) is 10.9 Å². The molecule has 0 amide bonds. The Morgan fingerprint density at radius 1 is 1.62 bits per heavy atom. The van der Waals surface area contributed by atoms with Gasteiger partial charge >= 0.3 is 0 Å². The summed E-state index contributed by atoms with van der Waals surface area (Å²) in [6.07, 6.45) is -1.08. The zero-order valence-corrected chi connectivity index (χ0v) is 8.29. The molecule has 0 aliphatic rings. The van der Waals surface area contributed by atoms with Gasteiger partial charge in [0.15, 0.2) is 0 Å². The second kappa shape index (κ2) is 5.29. The standard InChI is InChI=1S/C8H14N2O2S/c1-9-3-2-7(11)8(12)6-4-13-5-10-6/h4-5,7-9,11-12H,2-3H2,1H3. The van der Waals surface area contributed by atoms with Crippen LogP contribution in [0.3, 0.4) is 0 Å². The number of thiazole rings is 1. The largest absolute Gasteiger partial charge is 0.390 e. The smallest absolute Gasteiger partial charge is 0.123 e. The summed E-state index contributed by atoms with van der Waals surface area (Å²) in [5.74, 6) is 0. The van der Waals surface area contributed by atoms with Gasteiger partial charge < -0.3 is 15.5 Å². The summed E-state index contributed by atoms with van der Waals surface area (Å²) in [5.41, 5.74) is 2.19. The highest BCUT2D eigenvalue weighted by Crippen LogP contribution is 2.17. The minimum absolute atomic E-state index is 0.523. The van der Waals surface area contributed by atoms with Gasteiger partial charge in [0.1, 0.15) is 6.10 Å². The Hall–Kier alpha value is -0.490. The molecule has 1 aromatic rings. The van der Waals surface area contributed by atoms with Crippen LogP contribution in [-0.2, 0) is 0 Å². The Labute approximate surface area is 81.3 Å². The minimum atomic E-state index is -0.861. The van der Waals surface area contributed by atoms with Crippen molar-refractivity contribution in [3.8, 4) is 0 Å². The van der Waals surface area contributed by atoms with E-state index in [-0.39, 0.29) is 0 Å². The lowest BCUT2D eigenvalue weighted by Gasteiger charge is -2.15. The Bertz CT molecular complexity index is 228. The summed E-state index contributed by atoms with van der Waals surface area (Å²) in [4.78, 5) is 3.93. The van der Waals surface area contributed by atoms with Crippen LogP contribution in [0.25, 0.3) is 0 Å². The highest BCUT2D eigenvalue weighted by Gasteiger charge is 2.18. The van der Waals surface area contributed by atoms with Crippen molar-refractivity contribution < 1.29 is 10.2 Å². The Morgan fingerprint density at radius 2 is 2.38 bits per heavy atom. The molecule has 2 unspecified atom stereocenters. The van der Waals surface area contributed by atoms with Crippen LogP contribution in [0.5, 0.6) is 0 Å². The number of hydrogen-bond acceptors (Lipinski definition) is 5. The zero-order chi connectivity index (χ0) is 9.68. The molecule has 0 fully saturated rings. The Morgan fingerprint density at radius 3 is 2.92 bits per heavy atom. The van der Waals surface area contributed by atoms with Crippen LogP contribution < -0.4 is 5.32 Å². The topological polar surface area (TPSA) is 65.4 Å². The first-order valence-electron chi connectivity index (χ1n) is 4.14. The van der Waals surface area contributed by atoms with Gasteiger partial charge in [0.25, 0.3) is 0 Å². The van der Waals surface area contributed by atoms with E-state index in [1.807, 2.05) is 7.05 Å². The Balaban J connectivity index is 2.43. The predicted molar refractivity (Wildman–Crippen MR) is 51.6 cm³/mol. The van der Waals surface area contributed by atoms with E-state index in [1.165, 1.54) is 11.3 Å². The van der Waals surface area contributed by atoms with Crippen LogP contribution >= 0.6 is 11.3 Å². The van der Waals surface area contributed by atoms with E-state index in [2.05, 4.69) is 10.3 Å².